The summed E-state index contributed by atoms with van der Waals surface area (Å²) in [6.45, 7) is 0. The summed E-state index contributed by atoms with van der Waals surface area (Å²) in [5.41, 5.74) is 0. The Kier molecular flexibility index (Phi) is 181. The van der Waals surface area contributed by atoms with E-state index in [2.05, 4.69) is 0 Å². The number of hydrogen-bond acceptors (Lipinski definition) is 0. The molecule has 1 radical (unpaired) electrons. The summed E-state index contributed by atoms with van der Waals surface area (Å²) in [6, 6.07) is 0. The van der Waals surface area contributed by atoms with Gasteiger partial charge in [-0.15, -0.1) is 0 Å². The molecule has 1 unspecified atom stereocenters. The fourth-order valence-corrected chi connectivity index (χ4v) is 0. The molecule has 37 valence electrons. The first-order valence-corrected chi connectivity index (χ1v) is 0. The Hall–Kier alpha value is 2.05. The van der Waals surface area contributed by atoms with E-state index in [0.29, 0.717) is 0 Å². The second-order valence-electron chi connectivity index (χ2n) is 0. The first kappa shape index (κ1) is 36.7. The molecule has 0 aliphatic rings. The van der Waals surface area contributed by atoms with E-state index in [4.69, 9.17) is 0 Å². The maximum atomic E-state index is 0. The average Bonchev–Trinajstić information content (AvgIpc) is 0. The third kappa shape index (κ3) is 8.96. The van der Waals surface area contributed by atoms with Crippen LogP contribution in [0, 0.1) is 0 Å². The molecule has 0 heterocycles. The smallest absolute Gasteiger partial charge is 0 e. The summed E-state index contributed by atoms with van der Waals surface area (Å²) < 4.78 is 0. The molecule has 0 aromatic heterocycles. The molecule has 0 aliphatic carbocycles. The van der Waals surface area contributed by atoms with E-state index >= 15 is 0 Å². The molecule has 0 spiro atoms. The average molecular weight is 254 g/mol. The molecular formula is H3AsCoNi2. The van der Waals surface area contributed by atoms with Crippen molar-refractivity contribution in [2.45, 2.75) is 0 Å². The van der Waals surface area contributed by atoms with Gasteiger partial charge in [0.2, 0.25) is 0 Å². The van der Waals surface area contributed by atoms with Crippen molar-refractivity contribution < 1.29 is 49.8 Å². The Labute approximate surface area is 67.2 Å². The minimum atomic E-state index is 0. The molecule has 0 aromatic rings. The van der Waals surface area contributed by atoms with Gasteiger partial charge in [0, 0.05) is 49.8 Å². The van der Waals surface area contributed by atoms with Crippen LogP contribution in [0.5, 0.6) is 0 Å². The minimum absolute atomic E-state index is 0. The first-order valence-electron chi connectivity index (χ1n) is 0. The molecule has 0 amide bonds. The molecule has 0 nitrogen and oxygen atoms in total. The molecule has 0 saturated heterocycles. The van der Waals surface area contributed by atoms with Crippen LogP contribution in [0.25, 0.3) is 0 Å². The third-order valence-electron chi connectivity index (χ3n) is 0. The molecular weight excluding hydrogens is 251 g/mol. The molecule has 0 saturated carbocycles. The molecule has 0 aromatic carbocycles. The van der Waals surface area contributed by atoms with Gasteiger partial charge in [0.25, 0.3) is 0 Å². The Morgan fingerprint density at radius 3 is 0.750 bits per heavy atom. The van der Waals surface area contributed by atoms with Gasteiger partial charge in [0.1, 0.15) is 0 Å². The molecule has 0 rings (SSSR count). The van der Waals surface area contributed by atoms with E-state index in [1.807, 2.05) is 0 Å². The topological polar surface area (TPSA) is 0 Å². The quantitative estimate of drug-likeness (QED) is 0.477. The number of rotatable bonds is 0. The zero-order valence-electron chi connectivity index (χ0n) is 1.67. The minimum Gasteiger partial charge on any atom is 0 e. The summed E-state index contributed by atoms with van der Waals surface area (Å²) in [5.74, 6) is 0. The van der Waals surface area contributed by atoms with Crippen molar-refractivity contribution in [2.24, 2.45) is 0 Å². The van der Waals surface area contributed by atoms with Crippen molar-refractivity contribution in [3.05, 3.63) is 0 Å². The van der Waals surface area contributed by atoms with Gasteiger partial charge in [-0.2, -0.15) is 0 Å². The van der Waals surface area contributed by atoms with Crippen LogP contribution in [0.15, 0.2) is 0 Å². The van der Waals surface area contributed by atoms with Gasteiger partial charge < -0.3 is 0 Å². The van der Waals surface area contributed by atoms with Gasteiger partial charge in [-0.1, -0.05) is 0 Å². The monoisotopic (exact) mass is 253 g/mol. The summed E-state index contributed by atoms with van der Waals surface area (Å²) in [4.78, 5) is 0. The van der Waals surface area contributed by atoms with Gasteiger partial charge in [-0.05, 0) is 0 Å². The van der Waals surface area contributed by atoms with E-state index in [0.717, 1.165) is 0 Å². The molecule has 4 heteroatoms. The zero-order valence-corrected chi connectivity index (χ0v) is 7.66. The molecule has 0 fully saturated rings. The predicted octanol–water partition coefficient (Wildman–Crippen LogP) is -1.19. The van der Waals surface area contributed by atoms with Gasteiger partial charge in [-0.3, -0.25) is 0 Å². The van der Waals surface area contributed by atoms with Crippen molar-refractivity contribution in [1.29, 1.82) is 0 Å². The van der Waals surface area contributed by atoms with E-state index in [1.165, 1.54) is 0 Å². The van der Waals surface area contributed by atoms with Crippen molar-refractivity contribution in [3.8, 4) is 0 Å². The van der Waals surface area contributed by atoms with Gasteiger partial charge >= 0.3 is 18.0 Å². The van der Waals surface area contributed by atoms with Crippen molar-refractivity contribution in [3.63, 3.8) is 0 Å². The largest absolute Gasteiger partial charge is 0 e. The second kappa shape index (κ2) is 19.7. The van der Waals surface area contributed by atoms with Crippen LogP contribution in [-0.2, 0) is 49.8 Å². The fraction of sp³-hybridized carbons (Fsp3) is 0. The number of hydrogen-bond donors (Lipinski definition) is 0. The van der Waals surface area contributed by atoms with Crippen LogP contribution in [0.1, 0.15) is 0 Å². The summed E-state index contributed by atoms with van der Waals surface area (Å²) in [6.07, 6.45) is 0. The summed E-state index contributed by atoms with van der Waals surface area (Å²) in [5, 5.41) is 0. The Bertz CT molecular complexity index is 6.00. The molecule has 0 bridgehead atoms. The van der Waals surface area contributed by atoms with Gasteiger partial charge in [0.15, 0.2) is 0 Å². The van der Waals surface area contributed by atoms with Crippen LogP contribution in [0.3, 0.4) is 0 Å². The zero-order chi connectivity index (χ0) is 0. The van der Waals surface area contributed by atoms with E-state index < -0.39 is 0 Å². The molecule has 1 atom stereocenters. The van der Waals surface area contributed by atoms with Crippen LogP contribution in [-0.4, -0.2) is 18.0 Å². The predicted molar refractivity (Wildman–Crippen MR) is 9.94 cm³/mol. The maximum absolute atomic E-state index is 0. The van der Waals surface area contributed by atoms with E-state index in [9.17, 15) is 0 Å². The van der Waals surface area contributed by atoms with Crippen LogP contribution in [0.2, 0.25) is 0 Å². The summed E-state index contributed by atoms with van der Waals surface area (Å²) in [7, 11) is 0. The van der Waals surface area contributed by atoms with Gasteiger partial charge in [0.05, 0.1) is 0 Å². The Morgan fingerprint density at radius 1 is 0.750 bits per heavy atom. The summed E-state index contributed by atoms with van der Waals surface area (Å²) >= 11 is 0. The Balaban J connectivity index is 0. The third-order valence-corrected chi connectivity index (χ3v) is 0. The fourth-order valence-electron chi connectivity index (χ4n) is 0. The standard InChI is InChI=1S/AsH3.Co.2Ni/h1H3;;;. The SMILES string of the molecule is [AsH3].[Co].[Ni].[Ni]. The van der Waals surface area contributed by atoms with Crippen molar-refractivity contribution >= 4 is 18.0 Å². The maximum Gasteiger partial charge on any atom is 0 e. The first-order chi connectivity index (χ1) is 0. The van der Waals surface area contributed by atoms with Crippen molar-refractivity contribution in [1.82, 2.24) is 0 Å². The normalized spacial score (nSPS) is 0. The van der Waals surface area contributed by atoms with Crippen molar-refractivity contribution in [2.75, 3.05) is 0 Å². The van der Waals surface area contributed by atoms with Crippen LogP contribution in [0.4, 0.5) is 0 Å². The van der Waals surface area contributed by atoms with Crippen LogP contribution < -0.4 is 0 Å². The van der Waals surface area contributed by atoms with Crippen LogP contribution >= 0.6 is 0 Å². The van der Waals surface area contributed by atoms with E-state index in [-0.39, 0.29) is 67.7 Å². The van der Waals surface area contributed by atoms with E-state index in [1.54, 1.807) is 0 Å². The molecule has 0 N–H and O–H groups in total. The second-order valence-corrected chi connectivity index (χ2v) is 0. The van der Waals surface area contributed by atoms with Gasteiger partial charge in [-0.25, -0.2) is 0 Å². The molecule has 0 aliphatic heterocycles. The Morgan fingerprint density at radius 2 is 0.750 bits per heavy atom. The molecule has 4 heavy (non-hydrogen) atoms.